The highest BCUT2D eigenvalue weighted by Gasteiger charge is 2.14. The van der Waals surface area contributed by atoms with E-state index in [0.717, 1.165) is 5.69 Å². The first-order valence-corrected chi connectivity index (χ1v) is 6.12. The minimum absolute atomic E-state index is 0.0318. The molecule has 0 saturated carbocycles. The highest BCUT2D eigenvalue weighted by Crippen LogP contribution is 2.13. The van der Waals surface area contributed by atoms with E-state index in [2.05, 4.69) is 41.3 Å². The third-order valence-electron chi connectivity index (χ3n) is 2.52. The molecule has 6 heteroatoms. The second-order valence-corrected chi connectivity index (χ2v) is 5.50. The molecule has 0 unspecified atom stereocenters. The number of pyridine rings is 1. The maximum absolute atomic E-state index is 11.8. The average Bonchev–Trinajstić information content (AvgIpc) is 2.74. The van der Waals surface area contributed by atoms with Gasteiger partial charge in [-0.1, -0.05) is 0 Å². The van der Waals surface area contributed by atoms with Crippen molar-refractivity contribution in [2.24, 2.45) is 0 Å². The Morgan fingerprint density at radius 1 is 1.37 bits per heavy atom. The van der Waals surface area contributed by atoms with E-state index >= 15 is 0 Å². The van der Waals surface area contributed by atoms with Crippen molar-refractivity contribution < 1.29 is 4.42 Å². The van der Waals surface area contributed by atoms with Crippen LogP contribution in [0.2, 0.25) is 0 Å². The molecule has 0 aliphatic heterocycles. The SMILES string of the molecule is Cc1cc(=O)c(-c2nnc(CNC(C)(C)C)o2)c[nH]1. The lowest BCUT2D eigenvalue weighted by Gasteiger charge is -2.18. The summed E-state index contributed by atoms with van der Waals surface area (Å²) in [5.74, 6) is 0.705. The highest BCUT2D eigenvalue weighted by atomic mass is 16.4. The second-order valence-electron chi connectivity index (χ2n) is 5.50. The molecule has 0 amide bonds. The van der Waals surface area contributed by atoms with E-state index in [1.807, 2.05) is 6.92 Å². The van der Waals surface area contributed by atoms with Gasteiger partial charge in [0.2, 0.25) is 5.89 Å². The van der Waals surface area contributed by atoms with Gasteiger partial charge in [-0.2, -0.15) is 0 Å². The van der Waals surface area contributed by atoms with Gasteiger partial charge in [-0.25, -0.2) is 0 Å². The lowest BCUT2D eigenvalue weighted by atomic mass is 10.1. The van der Waals surface area contributed by atoms with E-state index in [1.165, 1.54) is 6.07 Å². The predicted molar refractivity (Wildman–Crippen MR) is 71.7 cm³/mol. The molecule has 0 atom stereocenters. The molecule has 0 aliphatic carbocycles. The summed E-state index contributed by atoms with van der Waals surface area (Å²) in [5, 5.41) is 11.1. The first kappa shape index (κ1) is 13.5. The summed E-state index contributed by atoms with van der Waals surface area (Å²) in [6.45, 7) is 8.44. The Labute approximate surface area is 111 Å². The zero-order valence-electron chi connectivity index (χ0n) is 11.6. The Balaban J connectivity index is 2.19. The fourth-order valence-corrected chi connectivity index (χ4v) is 1.51. The molecular weight excluding hydrogens is 244 g/mol. The molecule has 0 radical (unpaired) electrons. The number of aromatic amines is 1. The molecule has 6 nitrogen and oxygen atoms in total. The molecular formula is C13H18N4O2. The number of nitrogens with zero attached hydrogens (tertiary/aromatic N) is 2. The van der Waals surface area contributed by atoms with Gasteiger partial charge in [-0.15, -0.1) is 10.2 Å². The molecule has 2 aromatic rings. The quantitative estimate of drug-likeness (QED) is 0.878. The Hall–Kier alpha value is -1.95. The zero-order valence-corrected chi connectivity index (χ0v) is 11.6. The summed E-state index contributed by atoms with van der Waals surface area (Å²) in [6, 6.07) is 1.51. The molecule has 0 spiro atoms. The van der Waals surface area contributed by atoms with Crippen LogP contribution in [0.3, 0.4) is 0 Å². The lowest BCUT2D eigenvalue weighted by molar-refractivity contribution is 0.383. The average molecular weight is 262 g/mol. The Kier molecular flexibility index (Phi) is 3.53. The van der Waals surface area contributed by atoms with Crippen molar-refractivity contribution in [2.45, 2.75) is 39.8 Å². The number of nitrogens with one attached hydrogen (secondary N) is 2. The van der Waals surface area contributed by atoms with Crippen LogP contribution in [0.25, 0.3) is 11.5 Å². The van der Waals surface area contributed by atoms with Crippen LogP contribution in [0.15, 0.2) is 21.5 Å². The fourth-order valence-electron chi connectivity index (χ4n) is 1.51. The van der Waals surface area contributed by atoms with E-state index in [9.17, 15) is 4.79 Å². The van der Waals surface area contributed by atoms with Crippen LogP contribution in [-0.4, -0.2) is 20.7 Å². The molecule has 2 rings (SSSR count). The molecule has 0 fully saturated rings. The van der Waals surface area contributed by atoms with Crippen molar-refractivity contribution in [3.63, 3.8) is 0 Å². The number of rotatable bonds is 3. The Bertz CT molecular complexity index is 622. The number of aryl methyl sites for hydroxylation is 1. The van der Waals surface area contributed by atoms with Gasteiger partial charge in [0.05, 0.1) is 6.54 Å². The molecule has 0 saturated heterocycles. The number of H-pyrrole nitrogens is 1. The third kappa shape index (κ3) is 3.51. The molecule has 0 aromatic carbocycles. The van der Waals surface area contributed by atoms with Gasteiger partial charge < -0.3 is 14.7 Å². The van der Waals surface area contributed by atoms with Crippen molar-refractivity contribution in [2.75, 3.05) is 0 Å². The van der Waals surface area contributed by atoms with Crippen LogP contribution in [0.1, 0.15) is 32.4 Å². The Morgan fingerprint density at radius 3 is 2.74 bits per heavy atom. The van der Waals surface area contributed by atoms with E-state index in [1.54, 1.807) is 6.20 Å². The van der Waals surface area contributed by atoms with Crippen molar-refractivity contribution >= 4 is 0 Å². The van der Waals surface area contributed by atoms with Gasteiger partial charge in [-0.3, -0.25) is 4.79 Å². The monoisotopic (exact) mass is 262 g/mol. The summed E-state index contributed by atoms with van der Waals surface area (Å²) in [5.41, 5.74) is 1.02. The van der Waals surface area contributed by atoms with Gasteiger partial charge in [0, 0.05) is 23.5 Å². The van der Waals surface area contributed by atoms with Crippen molar-refractivity contribution in [1.29, 1.82) is 0 Å². The zero-order chi connectivity index (χ0) is 14.0. The normalized spacial score (nSPS) is 11.8. The molecule has 102 valence electrons. The summed E-state index contributed by atoms with van der Waals surface area (Å²) in [4.78, 5) is 14.8. The van der Waals surface area contributed by atoms with Gasteiger partial charge in [0.15, 0.2) is 5.43 Å². The largest absolute Gasteiger partial charge is 0.419 e. The van der Waals surface area contributed by atoms with Crippen molar-refractivity contribution in [1.82, 2.24) is 20.5 Å². The van der Waals surface area contributed by atoms with Crippen LogP contribution in [0, 0.1) is 6.92 Å². The van der Waals surface area contributed by atoms with Gasteiger partial charge in [0.1, 0.15) is 5.56 Å². The first-order valence-electron chi connectivity index (χ1n) is 6.12. The molecule has 19 heavy (non-hydrogen) atoms. The van der Waals surface area contributed by atoms with Gasteiger partial charge >= 0.3 is 0 Å². The van der Waals surface area contributed by atoms with E-state index in [4.69, 9.17) is 4.42 Å². The minimum atomic E-state index is -0.129. The standard InChI is InChI=1S/C13H18N4O2/c1-8-5-10(18)9(6-14-8)12-17-16-11(19-12)7-15-13(2,3)4/h5-6,15H,7H2,1-4H3,(H,14,18). The fraction of sp³-hybridized carbons (Fsp3) is 0.462. The van der Waals surface area contributed by atoms with Crippen molar-refractivity contribution in [3.05, 3.63) is 34.1 Å². The van der Waals surface area contributed by atoms with Gasteiger partial charge in [-0.05, 0) is 27.7 Å². The van der Waals surface area contributed by atoms with Crippen LogP contribution in [0.5, 0.6) is 0 Å². The summed E-state index contributed by atoms with van der Waals surface area (Å²) < 4.78 is 5.48. The van der Waals surface area contributed by atoms with Crippen LogP contribution in [-0.2, 0) is 6.54 Å². The summed E-state index contributed by atoms with van der Waals surface area (Å²) in [7, 11) is 0. The molecule has 2 N–H and O–H groups in total. The first-order chi connectivity index (χ1) is 8.85. The number of hydrogen-bond donors (Lipinski definition) is 2. The predicted octanol–water partition coefficient (Wildman–Crippen LogP) is 1.62. The van der Waals surface area contributed by atoms with E-state index in [0.29, 0.717) is 18.0 Å². The smallest absolute Gasteiger partial charge is 0.253 e. The topological polar surface area (TPSA) is 83.8 Å². The van der Waals surface area contributed by atoms with Gasteiger partial charge in [0.25, 0.3) is 5.89 Å². The molecule has 0 aliphatic rings. The molecule has 2 heterocycles. The Morgan fingerprint density at radius 2 is 2.11 bits per heavy atom. The number of aromatic nitrogens is 3. The lowest BCUT2D eigenvalue weighted by Crippen LogP contribution is -2.35. The van der Waals surface area contributed by atoms with Crippen LogP contribution < -0.4 is 10.7 Å². The third-order valence-corrected chi connectivity index (χ3v) is 2.52. The van der Waals surface area contributed by atoms with Crippen molar-refractivity contribution in [3.8, 4) is 11.5 Å². The maximum atomic E-state index is 11.8. The minimum Gasteiger partial charge on any atom is -0.419 e. The van der Waals surface area contributed by atoms with Crippen LogP contribution >= 0.6 is 0 Å². The van der Waals surface area contributed by atoms with E-state index in [-0.39, 0.29) is 16.9 Å². The molecule has 0 bridgehead atoms. The summed E-state index contributed by atoms with van der Waals surface area (Å²) >= 11 is 0. The number of hydrogen-bond acceptors (Lipinski definition) is 5. The van der Waals surface area contributed by atoms with E-state index < -0.39 is 0 Å². The highest BCUT2D eigenvalue weighted by molar-refractivity contribution is 5.50. The summed E-state index contributed by atoms with van der Waals surface area (Å²) in [6.07, 6.45) is 1.59. The second kappa shape index (κ2) is 4.97. The van der Waals surface area contributed by atoms with Crippen LogP contribution in [0.4, 0.5) is 0 Å². The molecule has 2 aromatic heterocycles. The maximum Gasteiger partial charge on any atom is 0.253 e.